The van der Waals surface area contributed by atoms with Gasteiger partial charge in [0.05, 0.1) is 0 Å². The van der Waals surface area contributed by atoms with E-state index in [1.165, 1.54) is 36.9 Å². The molecule has 3 rings (SSSR count). The maximum Gasteiger partial charge on any atom is 0.0239 e. The zero-order valence-corrected chi connectivity index (χ0v) is 11.6. The van der Waals surface area contributed by atoms with E-state index in [-0.39, 0.29) is 0 Å². The number of hydrogen-bond donors (Lipinski definition) is 1. The summed E-state index contributed by atoms with van der Waals surface area (Å²) >= 11 is 0. The Kier molecular flexibility index (Phi) is 4.31. The van der Waals surface area contributed by atoms with Crippen LogP contribution in [0.15, 0.2) is 36.4 Å². The predicted octanol–water partition coefficient (Wildman–Crippen LogP) is 2.74. The standard InChI is InChI=1S/C17H24N2/c1-4-12-19(13-5-1)14-16-7-3-2-6-15(16)10-11-18-17-8-9-17/h1-4,6-7,17-18H,5,8-14H2. The fraction of sp³-hybridized carbons (Fsp3) is 0.529. The minimum absolute atomic E-state index is 0.819. The number of benzene rings is 1. The Labute approximate surface area is 116 Å². The SMILES string of the molecule is C1=CCN(Cc2ccccc2CCNC2CC2)CC1. The number of hydrogen-bond acceptors (Lipinski definition) is 2. The van der Waals surface area contributed by atoms with Gasteiger partial charge in [0.2, 0.25) is 0 Å². The molecule has 1 aromatic carbocycles. The zero-order chi connectivity index (χ0) is 12.9. The average Bonchev–Trinajstić information content (AvgIpc) is 3.26. The minimum atomic E-state index is 0.819. The van der Waals surface area contributed by atoms with Crippen LogP contribution in [0.3, 0.4) is 0 Å². The molecule has 1 saturated carbocycles. The van der Waals surface area contributed by atoms with Crippen LogP contribution in [0.2, 0.25) is 0 Å². The summed E-state index contributed by atoms with van der Waals surface area (Å²) in [5.41, 5.74) is 3.03. The van der Waals surface area contributed by atoms with E-state index in [1.807, 2.05) is 0 Å². The topological polar surface area (TPSA) is 15.3 Å². The molecule has 1 aliphatic heterocycles. The van der Waals surface area contributed by atoms with Crippen molar-refractivity contribution in [1.82, 2.24) is 10.2 Å². The Morgan fingerprint density at radius 2 is 1.95 bits per heavy atom. The largest absolute Gasteiger partial charge is 0.314 e. The van der Waals surface area contributed by atoms with Gasteiger partial charge in [-0.2, -0.15) is 0 Å². The van der Waals surface area contributed by atoms with E-state index in [9.17, 15) is 0 Å². The van der Waals surface area contributed by atoms with Gasteiger partial charge in [-0.1, -0.05) is 36.4 Å². The summed E-state index contributed by atoms with van der Waals surface area (Å²) in [5, 5.41) is 3.61. The van der Waals surface area contributed by atoms with Crippen molar-refractivity contribution in [3.8, 4) is 0 Å². The summed E-state index contributed by atoms with van der Waals surface area (Å²) in [6.07, 6.45) is 9.70. The van der Waals surface area contributed by atoms with Crippen LogP contribution in [0, 0.1) is 0 Å². The van der Waals surface area contributed by atoms with Crippen LogP contribution in [-0.2, 0) is 13.0 Å². The number of nitrogens with one attached hydrogen (secondary N) is 1. The van der Waals surface area contributed by atoms with E-state index in [0.29, 0.717) is 0 Å². The molecule has 0 aromatic heterocycles. The normalized spacial score (nSPS) is 19.8. The second kappa shape index (κ2) is 6.36. The summed E-state index contributed by atoms with van der Waals surface area (Å²) < 4.78 is 0. The third-order valence-electron chi connectivity index (χ3n) is 4.06. The van der Waals surface area contributed by atoms with Crippen molar-refractivity contribution >= 4 is 0 Å². The highest BCUT2D eigenvalue weighted by atomic mass is 15.1. The molecule has 0 radical (unpaired) electrons. The molecule has 1 aliphatic carbocycles. The summed E-state index contributed by atoms with van der Waals surface area (Å²) in [4.78, 5) is 2.53. The molecule has 0 saturated heterocycles. The van der Waals surface area contributed by atoms with Gasteiger partial charge < -0.3 is 5.32 Å². The van der Waals surface area contributed by atoms with Gasteiger partial charge in [0, 0.05) is 25.7 Å². The van der Waals surface area contributed by atoms with Gasteiger partial charge in [0.25, 0.3) is 0 Å². The molecule has 0 spiro atoms. The van der Waals surface area contributed by atoms with Crippen molar-refractivity contribution in [2.24, 2.45) is 0 Å². The maximum atomic E-state index is 3.61. The first-order chi connectivity index (χ1) is 9.42. The highest BCUT2D eigenvalue weighted by Crippen LogP contribution is 2.19. The van der Waals surface area contributed by atoms with Gasteiger partial charge in [-0.05, 0) is 43.4 Å². The van der Waals surface area contributed by atoms with Crippen LogP contribution in [0.25, 0.3) is 0 Å². The van der Waals surface area contributed by atoms with Gasteiger partial charge in [0.15, 0.2) is 0 Å². The van der Waals surface area contributed by atoms with Crippen molar-refractivity contribution in [3.63, 3.8) is 0 Å². The fourth-order valence-corrected chi connectivity index (χ4v) is 2.73. The van der Waals surface area contributed by atoms with Gasteiger partial charge in [-0.15, -0.1) is 0 Å². The summed E-state index contributed by atoms with van der Waals surface area (Å²) in [7, 11) is 0. The van der Waals surface area contributed by atoms with Crippen LogP contribution >= 0.6 is 0 Å². The van der Waals surface area contributed by atoms with Crippen LogP contribution in [0.4, 0.5) is 0 Å². The van der Waals surface area contributed by atoms with Crippen LogP contribution in [0.5, 0.6) is 0 Å². The lowest BCUT2D eigenvalue weighted by molar-refractivity contribution is 0.290. The summed E-state index contributed by atoms with van der Waals surface area (Å²) in [6.45, 7) is 4.53. The molecule has 1 N–H and O–H groups in total. The number of nitrogens with zero attached hydrogens (tertiary/aromatic N) is 1. The molecule has 0 bridgehead atoms. The molecule has 1 fully saturated rings. The van der Waals surface area contributed by atoms with Crippen molar-refractivity contribution in [1.29, 1.82) is 0 Å². The first kappa shape index (κ1) is 12.9. The Bertz CT molecular complexity index is 435. The van der Waals surface area contributed by atoms with Crippen LogP contribution < -0.4 is 5.32 Å². The van der Waals surface area contributed by atoms with Crippen molar-refractivity contribution in [2.75, 3.05) is 19.6 Å². The van der Waals surface area contributed by atoms with Gasteiger partial charge >= 0.3 is 0 Å². The van der Waals surface area contributed by atoms with Crippen molar-refractivity contribution in [3.05, 3.63) is 47.5 Å². The molecule has 0 amide bonds. The predicted molar refractivity (Wildman–Crippen MR) is 80.2 cm³/mol. The first-order valence-electron chi connectivity index (χ1n) is 7.59. The molecule has 0 unspecified atom stereocenters. The number of rotatable bonds is 6. The Morgan fingerprint density at radius 3 is 2.68 bits per heavy atom. The second-order valence-electron chi connectivity index (χ2n) is 5.74. The molecule has 19 heavy (non-hydrogen) atoms. The average molecular weight is 256 g/mol. The Morgan fingerprint density at radius 1 is 1.11 bits per heavy atom. The monoisotopic (exact) mass is 256 g/mol. The zero-order valence-electron chi connectivity index (χ0n) is 11.6. The second-order valence-corrected chi connectivity index (χ2v) is 5.74. The van der Waals surface area contributed by atoms with Crippen molar-refractivity contribution in [2.45, 2.75) is 38.3 Å². The van der Waals surface area contributed by atoms with E-state index < -0.39 is 0 Å². The van der Waals surface area contributed by atoms with E-state index in [4.69, 9.17) is 0 Å². The molecule has 1 heterocycles. The summed E-state index contributed by atoms with van der Waals surface area (Å²) in [6, 6.07) is 9.76. The smallest absolute Gasteiger partial charge is 0.0239 e. The molecular formula is C17H24N2. The van der Waals surface area contributed by atoms with Crippen LogP contribution in [-0.4, -0.2) is 30.6 Å². The molecular weight excluding hydrogens is 232 g/mol. The lowest BCUT2D eigenvalue weighted by Crippen LogP contribution is -2.27. The molecule has 1 aromatic rings. The van der Waals surface area contributed by atoms with E-state index >= 15 is 0 Å². The minimum Gasteiger partial charge on any atom is -0.314 e. The summed E-state index contributed by atoms with van der Waals surface area (Å²) in [5.74, 6) is 0. The molecule has 2 nitrogen and oxygen atoms in total. The van der Waals surface area contributed by atoms with Gasteiger partial charge in [-0.3, -0.25) is 4.90 Å². The maximum absolute atomic E-state index is 3.61. The highest BCUT2D eigenvalue weighted by molar-refractivity contribution is 5.27. The van der Waals surface area contributed by atoms with Crippen molar-refractivity contribution < 1.29 is 0 Å². The quantitative estimate of drug-likeness (QED) is 0.787. The van der Waals surface area contributed by atoms with E-state index in [0.717, 1.165) is 32.1 Å². The van der Waals surface area contributed by atoms with E-state index in [1.54, 1.807) is 0 Å². The van der Waals surface area contributed by atoms with Gasteiger partial charge in [-0.25, -0.2) is 0 Å². The third kappa shape index (κ3) is 3.92. The molecule has 2 heteroatoms. The highest BCUT2D eigenvalue weighted by Gasteiger charge is 2.19. The Hall–Kier alpha value is -1.12. The van der Waals surface area contributed by atoms with Crippen LogP contribution in [0.1, 0.15) is 30.4 Å². The van der Waals surface area contributed by atoms with Gasteiger partial charge in [0.1, 0.15) is 0 Å². The van der Waals surface area contributed by atoms with E-state index in [2.05, 4.69) is 46.6 Å². The fourth-order valence-electron chi connectivity index (χ4n) is 2.73. The molecule has 2 aliphatic rings. The molecule has 102 valence electrons. The third-order valence-corrected chi connectivity index (χ3v) is 4.06. The first-order valence-corrected chi connectivity index (χ1v) is 7.59. The lowest BCUT2D eigenvalue weighted by Gasteiger charge is -2.24. The molecule has 0 atom stereocenters. The lowest BCUT2D eigenvalue weighted by atomic mass is 10.0. The Balaban J connectivity index is 1.57.